The minimum absolute atomic E-state index is 0.428. The van der Waals surface area contributed by atoms with Gasteiger partial charge in [-0.1, -0.05) is 28.1 Å². The summed E-state index contributed by atoms with van der Waals surface area (Å²) < 4.78 is 5.47. The van der Waals surface area contributed by atoms with Crippen LogP contribution in [-0.4, -0.2) is 13.1 Å². The molecular formula is C9H10BrNO2. The summed E-state index contributed by atoms with van der Waals surface area (Å²) in [5.74, 6) is -0.428. The minimum Gasteiger partial charge on any atom is -0.468 e. The normalized spacial score (nSPS) is 12.2. The van der Waals surface area contributed by atoms with Crippen LogP contribution in [-0.2, 0) is 9.53 Å². The summed E-state index contributed by atoms with van der Waals surface area (Å²) in [4.78, 5) is 11.0. The van der Waals surface area contributed by atoms with Crippen molar-refractivity contribution in [2.75, 3.05) is 7.11 Å². The first-order valence-corrected chi connectivity index (χ1v) is 4.53. The van der Waals surface area contributed by atoms with E-state index >= 15 is 0 Å². The van der Waals surface area contributed by atoms with Crippen LogP contribution in [0.2, 0.25) is 0 Å². The highest BCUT2D eigenvalue weighted by Gasteiger charge is 2.15. The van der Waals surface area contributed by atoms with Gasteiger partial charge in [0.15, 0.2) is 0 Å². The maximum absolute atomic E-state index is 11.0. The molecule has 0 aliphatic carbocycles. The number of benzene rings is 1. The van der Waals surface area contributed by atoms with Crippen molar-refractivity contribution < 1.29 is 9.53 Å². The van der Waals surface area contributed by atoms with Gasteiger partial charge in [0.25, 0.3) is 0 Å². The van der Waals surface area contributed by atoms with Gasteiger partial charge in [0.1, 0.15) is 6.04 Å². The Morgan fingerprint density at radius 3 is 2.46 bits per heavy atom. The third-order valence-corrected chi connectivity index (χ3v) is 2.21. The second kappa shape index (κ2) is 4.39. The molecule has 0 fully saturated rings. The number of ether oxygens (including phenoxy) is 1. The van der Waals surface area contributed by atoms with Crippen molar-refractivity contribution in [3.8, 4) is 0 Å². The molecule has 0 bridgehead atoms. The quantitative estimate of drug-likeness (QED) is 0.804. The second-order valence-electron chi connectivity index (χ2n) is 2.55. The van der Waals surface area contributed by atoms with Gasteiger partial charge in [-0.2, -0.15) is 0 Å². The number of nitrogens with two attached hydrogens (primary N) is 1. The number of methoxy groups -OCH3 is 1. The van der Waals surface area contributed by atoms with Crippen molar-refractivity contribution in [1.82, 2.24) is 0 Å². The highest BCUT2D eigenvalue weighted by Crippen LogP contribution is 2.15. The Bertz CT molecular complexity index is 297. The lowest BCUT2D eigenvalue weighted by Gasteiger charge is -2.08. The van der Waals surface area contributed by atoms with E-state index in [1.807, 2.05) is 12.1 Å². The summed E-state index contributed by atoms with van der Waals surface area (Å²) in [6.07, 6.45) is 0. The predicted molar refractivity (Wildman–Crippen MR) is 53.1 cm³/mol. The highest BCUT2D eigenvalue weighted by molar-refractivity contribution is 9.10. The molecule has 0 saturated carbocycles. The van der Waals surface area contributed by atoms with E-state index in [2.05, 4.69) is 20.7 Å². The van der Waals surface area contributed by atoms with Gasteiger partial charge < -0.3 is 10.5 Å². The SMILES string of the molecule is COC(=O)C(N)c1ccc(Br)cc1. The number of hydrogen-bond donors (Lipinski definition) is 1. The minimum atomic E-state index is -0.696. The first kappa shape index (κ1) is 10.2. The zero-order valence-electron chi connectivity index (χ0n) is 7.16. The fourth-order valence-electron chi connectivity index (χ4n) is 0.933. The summed E-state index contributed by atoms with van der Waals surface area (Å²) in [6, 6.07) is 6.53. The number of halogens is 1. The van der Waals surface area contributed by atoms with Crippen molar-refractivity contribution >= 4 is 21.9 Å². The predicted octanol–water partition coefficient (Wildman–Crippen LogP) is 1.62. The second-order valence-corrected chi connectivity index (χ2v) is 3.47. The Balaban J connectivity index is 2.83. The van der Waals surface area contributed by atoms with E-state index < -0.39 is 12.0 Å². The third kappa shape index (κ3) is 2.54. The lowest BCUT2D eigenvalue weighted by Crippen LogP contribution is -2.22. The molecule has 0 amide bonds. The Morgan fingerprint density at radius 1 is 1.46 bits per heavy atom. The number of hydrogen-bond acceptors (Lipinski definition) is 3. The van der Waals surface area contributed by atoms with Crippen LogP contribution in [0.15, 0.2) is 28.7 Å². The largest absolute Gasteiger partial charge is 0.468 e. The molecule has 0 aromatic heterocycles. The smallest absolute Gasteiger partial charge is 0.327 e. The van der Waals surface area contributed by atoms with E-state index in [9.17, 15) is 4.79 Å². The Hall–Kier alpha value is -0.870. The molecule has 1 aromatic carbocycles. The van der Waals surface area contributed by atoms with Crippen LogP contribution in [0.3, 0.4) is 0 Å². The maximum atomic E-state index is 11.0. The molecule has 0 spiro atoms. The molecule has 1 rings (SSSR count). The summed E-state index contributed by atoms with van der Waals surface area (Å²) in [5.41, 5.74) is 6.35. The first-order chi connectivity index (χ1) is 6.15. The van der Waals surface area contributed by atoms with Gasteiger partial charge in [-0.05, 0) is 17.7 Å². The molecular weight excluding hydrogens is 234 g/mol. The molecule has 0 radical (unpaired) electrons. The van der Waals surface area contributed by atoms with Crippen LogP contribution in [0.25, 0.3) is 0 Å². The van der Waals surface area contributed by atoms with E-state index in [1.165, 1.54) is 7.11 Å². The number of carbonyl (C=O) groups is 1. The summed E-state index contributed by atoms with van der Waals surface area (Å²) in [6.45, 7) is 0. The standard InChI is InChI=1S/C9H10BrNO2/c1-13-9(12)8(11)6-2-4-7(10)5-3-6/h2-5,8H,11H2,1H3. The van der Waals surface area contributed by atoms with Crippen LogP contribution in [0.1, 0.15) is 11.6 Å². The van der Waals surface area contributed by atoms with Crippen LogP contribution < -0.4 is 5.73 Å². The lowest BCUT2D eigenvalue weighted by atomic mass is 10.1. The molecule has 0 saturated heterocycles. The Labute approximate surface area is 85.0 Å². The molecule has 2 N–H and O–H groups in total. The van der Waals surface area contributed by atoms with Gasteiger partial charge in [0, 0.05) is 4.47 Å². The van der Waals surface area contributed by atoms with Crippen LogP contribution in [0.5, 0.6) is 0 Å². The van der Waals surface area contributed by atoms with Gasteiger partial charge in [-0.3, -0.25) is 4.79 Å². The number of esters is 1. The molecule has 0 heterocycles. The Morgan fingerprint density at radius 2 is 2.00 bits per heavy atom. The van der Waals surface area contributed by atoms with E-state index in [0.717, 1.165) is 10.0 Å². The molecule has 1 unspecified atom stereocenters. The maximum Gasteiger partial charge on any atom is 0.327 e. The Kier molecular flexibility index (Phi) is 3.45. The summed E-state index contributed by atoms with van der Waals surface area (Å²) in [5, 5.41) is 0. The fraction of sp³-hybridized carbons (Fsp3) is 0.222. The topological polar surface area (TPSA) is 52.3 Å². The van der Waals surface area contributed by atoms with E-state index in [1.54, 1.807) is 12.1 Å². The number of carbonyl (C=O) groups excluding carboxylic acids is 1. The van der Waals surface area contributed by atoms with Crippen molar-refractivity contribution in [2.24, 2.45) is 5.73 Å². The van der Waals surface area contributed by atoms with Crippen molar-refractivity contribution in [3.63, 3.8) is 0 Å². The molecule has 0 aliphatic heterocycles. The average Bonchev–Trinajstić information content (AvgIpc) is 2.17. The monoisotopic (exact) mass is 243 g/mol. The lowest BCUT2D eigenvalue weighted by molar-refractivity contribution is -0.142. The molecule has 70 valence electrons. The van der Waals surface area contributed by atoms with E-state index in [-0.39, 0.29) is 0 Å². The van der Waals surface area contributed by atoms with Crippen molar-refractivity contribution in [2.45, 2.75) is 6.04 Å². The van der Waals surface area contributed by atoms with Gasteiger partial charge in [0.2, 0.25) is 0 Å². The van der Waals surface area contributed by atoms with Gasteiger partial charge >= 0.3 is 5.97 Å². The molecule has 3 nitrogen and oxygen atoms in total. The number of rotatable bonds is 2. The third-order valence-electron chi connectivity index (χ3n) is 1.68. The molecule has 1 aromatic rings. The van der Waals surface area contributed by atoms with Gasteiger partial charge in [-0.15, -0.1) is 0 Å². The van der Waals surface area contributed by atoms with E-state index in [0.29, 0.717) is 0 Å². The molecule has 1 atom stereocenters. The molecule has 13 heavy (non-hydrogen) atoms. The highest BCUT2D eigenvalue weighted by atomic mass is 79.9. The average molecular weight is 244 g/mol. The molecule has 0 aliphatic rings. The fourth-order valence-corrected chi connectivity index (χ4v) is 1.20. The zero-order valence-corrected chi connectivity index (χ0v) is 8.74. The van der Waals surface area contributed by atoms with Gasteiger partial charge in [-0.25, -0.2) is 0 Å². The first-order valence-electron chi connectivity index (χ1n) is 3.74. The van der Waals surface area contributed by atoms with E-state index in [4.69, 9.17) is 5.73 Å². The van der Waals surface area contributed by atoms with Crippen molar-refractivity contribution in [1.29, 1.82) is 0 Å². The van der Waals surface area contributed by atoms with Crippen LogP contribution in [0, 0.1) is 0 Å². The summed E-state index contributed by atoms with van der Waals surface area (Å²) in [7, 11) is 1.32. The van der Waals surface area contributed by atoms with Gasteiger partial charge in [0.05, 0.1) is 7.11 Å². The summed E-state index contributed by atoms with van der Waals surface area (Å²) >= 11 is 3.29. The zero-order chi connectivity index (χ0) is 9.84. The molecule has 4 heteroatoms. The van der Waals surface area contributed by atoms with Crippen molar-refractivity contribution in [3.05, 3.63) is 34.3 Å². The van der Waals surface area contributed by atoms with Crippen LogP contribution >= 0.6 is 15.9 Å². The van der Waals surface area contributed by atoms with Crippen LogP contribution in [0.4, 0.5) is 0 Å².